The van der Waals surface area contributed by atoms with Gasteiger partial charge in [-0.15, -0.1) is 0 Å². The number of rotatable bonds is 32. The molecule has 1 aromatic carbocycles. The van der Waals surface area contributed by atoms with Crippen LogP contribution in [0.15, 0.2) is 24.3 Å². The second kappa shape index (κ2) is 35.1. The van der Waals surface area contributed by atoms with Crippen molar-refractivity contribution in [3.63, 3.8) is 0 Å². The van der Waals surface area contributed by atoms with E-state index in [1.807, 2.05) is 0 Å². The molecule has 2 heterocycles. The summed E-state index contributed by atoms with van der Waals surface area (Å²) in [4.78, 5) is 5.10. The Morgan fingerprint density at radius 1 is 0.415 bits per heavy atom. The summed E-state index contributed by atoms with van der Waals surface area (Å²) >= 11 is 0. The van der Waals surface area contributed by atoms with Gasteiger partial charge < -0.3 is 14.2 Å². The molecule has 0 aliphatic carbocycles. The lowest BCUT2D eigenvalue weighted by molar-refractivity contribution is 0.00715. The van der Waals surface area contributed by atoms with E-state index < -0.39 is 0 Å². The minimum absolute atomic E-state index is 0.0847. The largest absolute Gasteiger partial charge is 0.475 e. The second-order valence-corrected chi connectivity index (χ2v) is 16.3. The van der Waals surface area contributed by atoms with Gasteiger partial charge in [0, 0.05) is 39.1 Å². The van der Waals surface area contributed by atoms with E-state index >= 15 is 0 Å². The molecule has 0 N–H and O–H groups in total. The lowest BCUT2D eigenvalue weighted by Crippen LogP contribution is -2.40. The molecule has 0 amide bonds. The average Bonchev–Trinajstić information content (AvgIpc) is 3.19. The number of fused-ring (bicyclic) bond motifs is 12. The SMILES string of the molecule is CCCCCCCCCCCCCCCN(CC)C1CCCOCCCC(N(CC)CCCCCCCCCCCCCCC)Oc2ccc(cc2)O1. The predicted octanol–water partition coefficient (Wildman–Crippen LogP) is 14.5. The van der Waals surface area contributed by atoms with Gasteiger partial charge in [0.25, 0.3) is 0 Å². The van der Waals surface area contributed by atoms with Crippen LogP contribution < -0.4 is 9.47 Å². The molecular formula is C48H90N2O3. The Morgan fingerprint density at radius 2 is 0.698 bits per heavy atom. The highest BCUT2D eigenvalue weighted by atomic mass is 16.5. The first-order chi connectivity index (χ1) is 26.2. The zero-order valence-corrected chi connectivity index (χ0v) is 36.0. The zero-order chi connectivity index (χ0) is 37.9. The van der Waals surface area contributed by atoms with Crippen molar-refractivity contribution in [3.05, 3.63) is 24.3 Å². The molecule has 2 aliphatic rings. The Hall–Kier alpha value is -1.30. The van der Waals surface area contributed by atoms with Crippen molar-refractivity contribution >= 4 is 0 Å². The third-order valence-electron chi connectivity index (χ3n) is 11.6. The summed E-state index contributed by atoms with van der Waals surface area (Å²) in [5.74, 6) is 1.88. The molecule has 2 bridgehead atoms. The second-order valence-electron chi connectivity index (χ2n) is 16.3. The molecule has 2 atom stereocenters. The number of hydrogen-bond acceptors (Lipinski definition) is 5. The first-order valence-electron chi connectivity index (χ1n) is 23.7. The summed E-state index contributed by atoms with van der Waals surface area (Å²) in [6.07, 6.45) is 40.5. The van der Waals surface area contributed by atoms with E-state index in [-0.39, 0.29) is 12.5 Å². The first kappa shape index (κ1) is 47.9. The van der Waals surface area contributed by atoms with Gasteiger partial charge in [-0.1, -0.05) is 182 Å². The van der Waals surface area contributed by atoms with E-state index in [1.165, 1.54) is 167 Å². The molecule has 5 nitrogen and oxygen atoms in total. The van der Waals surface area contributed by atoms with Gasteiger partial charge in [0.15, 0.2) is 12.5 Å². The maximum atomic E-state index is 6.69. The smallest absolute Gasteiger partial charge is 0.152 e. The van der Waals surface area contributed by atoms with Crippen LogP contribution in [0.3, 0.4) is 0 Å². The molecule has 0 aromatic heterocycles. The van der Waals surface area contributed by atoms with Crippen molar-refractivity contribution in [1.82, 2.24) is 9.80 Å². The van der Waals surface area contributed by atoms with Gasteiger partial charge in [-0.25, -0.2) is 0 Å². The summed E-state index contributed by atoms with van der Waals surface area (Å²) in [5, 5.41) is 0. The van der Waals surface area contributed by atoms with Crippen molar-refractivity contribution in [3.8, 4) is 11.5 Å². The quantitative estimate of drug-likeness (QED) is 0.0687. The molecule has 0 saturated heterocycles. The highest BCUT2D eigenvalue weighted by molar-refractivity contribution is 5.31. The Bertz CT molecular complexity index is 824. The molecule has 1 aromatic rings. The molecule has 0 fully saturated rings. The highest BCUT2D eigenvalue weighted by Crippen LogP contribution is 2.25. The molecule has 0 spiro atoms. The van der Waals surface area contributed by atoms with Crippen molar-refractivity contribution in [2.24, 2.45) is 0 Å². The summed E-state index contributed by atoms with van der Waals surface area (Å²) in [6.45, 7) is 15.0. The summed E-state index contributed by atoms with van der Waals surface area (Å²) in [6, 6.07) is 8.49. The van der Waals surface area contributed by atoms with Crippen LogP contribution in [-0.4, -0.2) is 61.6 Å². The summed E-state index contributed by atoms with van der Waals surface area (Å²) in [7, 11) is 0. The number of ether oxygens (including phenoxy) is 3. The van der Waals surface area contributed by atoms with Gasteiger partial charge in [0.1, 0.15) is 11.5 Å². The monoisotopic (exact) mass is 743 g/mol. The van der Waals surface area contributed by atoms with Crippen molar-refractivity contribution in [2.75, 3.05) is 39.4 Å². The molecule has 2 aliphatic heterocycles. The zero-order valence-electron chi connectivity index (χ0n) is 36.0. The molecule has 310 valence electrons. The van der Waals surface area contributed by atoms with Crippen LogP contribution >= 0.6 is 0 Å². The van der Waals surface area contributed by atoms with Crippen LogP contribution in [0.5, 0.6) is 11.5 Å². The van der Waals surface area contributed by atoms with Gasteiger partial charge >= 0.3 is 0 Å². The van der Waals surface area contributed by atoms with Gasteiger partial charge in [0.05, 0.1) is 0 Å². The standard InChI is InChI=1S/C48H90N2O3/c1-5-9-11-13-15-17-19-21-23-25-27-29-31-41-49(7-3)47-35-33-43-51-44-34-36-48(53-46-39-37-45(52-47)38-40-46)50(8-4)42-32-30-28-26-24-22-20-18-16-14-12-10-6-2/h37-40,47-48H,5-36,41-44H2,1-4H3. The Balaban J connectivity index is 1.73. The fraction of sp³-hybridized carbons (Fsp3) is 0.875. The number of nitrogens with zero attached hydrogens (tertiary/aromatic N) is 2. The van der Waals surface area contributed by atoms with E-state index in [0.29, 0.717) is 0 Å². The fourth-order valence-corrected chi connectivity index (χ4v) is 8.04. The van der Waals surface area contributed by atoms with E-state index in [4.69, 9.17) is 14.2 Å². The Kier molecular flexibility index (Phi) is 31.7. The van der Waals surface area contributed by atoms with Crippen LogP contribution in [0.1, 0.15) is 220 Å². The molecule has 53 heavy (non-hydrogen) atoms. The molecular weight excluding hydrogens is 653 g/mol. The van der Waals surface area contributed by atoms with Crippen LogP contribution in [0, 0.1) is 0 Å². The van der Waals surface area contributed by atoms with Crippen LogP contribution in [-0.2, 0) is 4.74 Å². The third-order valence-corrected chi connectivity index (χ3v) is 11.6. The van der Waals surface area contributed by atoms with E-state index in [9.17, 15) is 0 Å². The van der Waals surface area contributed by atoms with Crippen molar-refractivity contribution in [2.45, 2.75) is 233 Å². The van der Waals surface area contributed by atoms with Crippen molar-refractivity contribution < 1.29 is 14.2 Å². The molecule has 3 rings (SSSR count). The van der Waals surface area contributed by atoms with Crippen LogP contribution in [0.4, 0.5) is 0 Å². The normalized spacial score (nSPS) is 17.2. The topological polar surface area (TPSA) is 34.2 Å². The number of hydrogen-bond donors (Lipinski definition) is 0. The first-order valence-corrected chi connectivity index (χ1v) is 23.7. The third kappa shape index (κ3) is 25.5. The fourth-order valence-electron chi connectivity index (χ4n) is 8.04. The van der Waals surface area contributed by atoms with Gasteiger partial charge in [-0.2, -0.15) is 0 Å². The van der Waals surface area contributed by atoms with Crippen LogP contribution in [0.25, 0.3) is 0 Å². The Morgan fingerprint density at radius 3 is 0.981 bits per heavy atom. The summed E-state index contributed by atoms with van der Waals surface area (Å²) < 4.78 is 19.6. The summed E-state index contributed by atoms with van der Waals surface area (Å²) in [5.41, 5.74) is 0. The van der Waals surface area contributed by atoms with Crippen LogP contribution in [0.2, 0.25) is 0 Å². The number of unbranched alkanes of at least 4 members (excludes halogenated alkanes) is 24. The lowest BCUT2D eigenvalue weighted by Gasteiger charge is -2.32. The lowest BCUT2D eigenvalue weighted by atomic mass is 10.0. The van der Waals surface area contributed by atoms with Crippen molar-refractivity contribution in [1.29, 1.82) is 0 Å². The van der Waals surface area contributed by atoms with Gasteiger partial charge in [-0.05, 0) is 63.0 Å². The molecule has 0 radical (unpaired) electrons. The van der Waals surface area contributed by atoms with Gasteiger partial charge in [0.2, 0.25) is 0 Å². The van der Waals surface area contributed by atoms with E-state index in [1.54, 1.807) is 0 Å². The average molecular weight is 743 g/mol. The van der Waals surface area contributed by atoms with Gasteiger partial charge in [-0.3, -0.25) is 9.80 Å². The predicted molar refractivity (Wildman–Crippen MR) is 230 cm³/mol. The van der Waals surface area contributed by atoms with E-state index in [0.717, 1.165) is 76.6 Å². The maximum Gasteiger partial charge on any atom is 0.152 e. The molecule has 5 heteroatoms. The molecule has 0 saturated carbocycles. The minimum atomic E-state index is 0.0847. The number of benzene rings is 1. The maximum absolute atomic E-state index is 6.69. The Labute approximate surface area is 331 Å². The molecule has 2 unspecified atom stereocenters. The minimum Gasteiger partial charge on any atom is -0.475 e. The van der Waals surface area contributed by atoms with E-state index in [2.05, 4.69) is 61.8 Å². The highest BCUT2D eigenvalue weighted by Gasteiger charge is 2.21.